The van der Waals surface area contributed by atoms with Crippen molar-refractivity contribution in [3.05, 3.63) is 103 Å². The molecule has 2 heterocycles. The maximum Gasteiger partial charge on any atom is 0.322 e. The number of urea groups is 1. The van der Waals surface area contributed by atoms with E-state index in [9.17, 15) is 9.90 Å². The molecule has 0 spiro atoms. The zero-order valence-corrected chi connectivity index (χ0v) is 16.6. The Balaban J connectivity index is 1.50. The number of ether oxygens (including phenoxy) is 1. The second-order valence-electron chi connectivity index (χ2n) is 6.81. The molecule has 0 atom stereocenters. The van der Waals surface area contributed by atoms with Gasteiger partial charge in [0, 0.05) is 29.7 Å². The van der Waals surface area contributed by atoms with Crippen molar-refractivity contribution in [2.45, 2.75) is 13.1 Å². The van der Waals surface area contributed by atoms with Gasteiger partial charge in [-0.05, 0) is 42.5 Å². The number of aromatic nitrogens is 1. The maximum atomic E-state index is 13.1. The number of nitrogens with one attached hydrogen (secondary N) is 1. The molecule has 0 bridgehead atoms. The van der Waals surface area contributed by atoms with Crippen LogP contribution in [0.2, 0.25) is 0 Å². The van der Waals surface area contributed by atoms with E-state index in [4.69, 9.17) is 9.15 Å². The van der Waals surface area contributed by atoms with E-state index in [1.165, 1.54) is 0 Å². The van der Waals surface area contributed by atoms with Crippen LogP contribution in [-0.4, -0.2) is 21.0 Å². The molecule has 7 heteroatoms. The lowest BCUT2D eigenvalue weighted by molar-refractivity contribution is 0.200. The van der Waals surface area contributed by atoms with Crippen LogP contribution in [-0.2, 0) is 13.1 Å². The smallest absolute Gasteiger partial charge is 0.322 e. The predicted molar refractivity (Wildman–Crippen MR) is 116 cm³/mol. The lowest BCUT2D eigenvalue weighted by Crippen LogP contribution is -2.34. The van der Waals surface area contributed by atoms with Crippen LogP contribution in [0.4, 0.5) is 10.5 Å². The minimum atomic E-state index is -0.333. The molecule has 156 valence electrons. The number of pyridine rings is 1. The molecule has 0 fully saturated rings. The van der Waals surface area contributed by atoms with Gasteiger partial charge in [-0.3, -0.25) is 4.98 Å². The summed E-state index contributed by atoms with van der Waals surface area (Å²) >= 11 is 0. The monoisotopic (exact) mass is 415 g/mol. The molecule has 4 rings (SSSR count). The highest BCUT2D eigenvalue weighted by Gasteiger charge is 2.18. The van der Waals surface area contributed by atoms with Crippen molar-refractivity contribution in [2.24, 2.45) is 0 Å². The molecular weight excluding hydrogens is 394 g/mol. The first-order chi connectivity index (χ1) is 15.2. The van der Waals surface area contributed by atoms with Crippen molar-refractivity contribution in [2.75, 3.05) is 5.32 Å². The molecule has 0 radical (unpaired) electrons. The second-order valence-corrected chi connectivity index (χ2v) is 6.81. The Morgan fingerprint density at radius 3 is 2.58 bits per heavy atom. The number of para-hydroxylation sites is 1. The van der Waals surface area contributed by atoms with Crippen molar-refractivity contribution in [1.82, 2.24) is 9.88 Å². The molecule has 0 saturated heterocycles. The molecule has 0 aliphatic carbocycles. The standard InChI is InChI=1S/C24H21N3O4/c28-23-9-2-1-5-18(23)16-27(17-22-8-4-14-30-22)24(29)26-19-6-3-7-21(15-19)31-20-10-12-25-13-11-20/h1-15,28H,16-17H2,(H,26,29). The first-order valence-corrected chi connectivity index (χ1v) is 9.70. The molecule has 0 aliphatic heterocycles. The number of benzene rings is 2. The Hall–Kier alpha value is -4.26. The van der Waals surface area contributed by atoms with Crippen molar-refractivity contribution < 1.29 is 19.1 Å². The van der Waals surface area contributed by atoms with Crippen LogP contribution in [0, 0.1) is 0 Å². The maximum absolute atomic E-state index is 13.1. The number of nitrogens with zero attached hydrogens (tertiary/aromatic N) is 2. The van der Waals surface area contributed by atoms with Gasteiger partial charge in [-0.15, -0.1) is 0 Å². The summed E-state index contributed by atoms with van der Waals surface area (Å²) in [4.78, 5) is 18.6. The summed E-state index contributed by atoms with van der Waals surface area (Å²) in [6.07, 6.45) is 4.85. The lowest BCUT2D eigenvalue weighted by atomic mass is 10.2. The fourth-order valence-electron chi connectivity index (χ4n) is 3.02. The molecule has 0 unspecified atom stereocenters. The van der Waals surface area contributed by atoms with Gasteiger partial charge in [0.05, 0.1) is 19.4 Å². The van der Waals surface area contributed by atoms with Crippen molar-refractivity contribution in [3.63, 3.8) is 0 Å². The molecule has 2 amide bonds. The van der Waals surface area contributed by atoms with Crippen LogP contribution in [0.15, 0.2) is 95.9 Å². The Morgan fingerprint density at radius 2 is 1.81 bits per heavy atom. The fraction of sp³-hybridized carbons (Fsp3) is 0.0833. The highest BCUT2D eigenvalue weighted by atomic mass is 16.5. The molecule has 0 saturated carbocycles. The summed E-state index contributed by atoms with van der Waals surface area (Å²) in [5, 5.41) is 13.0. The topological polar surface area (TPSA) is 87.8 Å². The zero-order chi connectivity index (χ0) is 21.5. The van der Waals surface area contributed by atoms with Gasteiger partial charge in [-0.25, -0.2) is 4.79 Å². The van der Waals surface area contributed by atoms with Crippen LogP contribution in [0.25, 0.3) is 0 Å². The Labute approximate surface area is 179 Å². The Kier molecular flexibility index (Phi) is 6.13. The average molecular weight is 415 g/mol. The second kappa shape index (κ2) is 9.49. The van der Waals surface area contributed by atoms with Crippen LogP contribution >= 0.6 is 0 Å². The molecule has 2 aromatic carbocycles. The first-order valence-electron chi connectivity index (χ1n) is 9.70. The van der Waals surface area contributed by atoms with Gasteiger partial charge in [0.1, 0.15) is 23.0 Å². The highest BCUT2D eigenvalue weighted by Crippen LogP contribution is 2.25. The number of phenols is 1. The van der Waals surface area contributed by atoms with E-state index < -0.39 is 0 Å². The number of aromatic hydroxyl groups is 1. The van der Waals surface area contributed by atoms with E-state index in [0.29, 0.717) is 28.5 Å². The van der Waals surface area contributed by atoms with E-state index >= 15 is 0 Å². The number of carbonyl (C=O) groups is 1. The molecule has 2 aromatic heterocycles. The summed E-state index contributed by atoms with van der Waals surface area (Å²) in [7, 11) is 0. The van der Waals surface area contributed by atoms with Crippen molar-refractivity contribution in [3.8, 4) is 17.2 Å². The summed E-state index contributed by atoms with van der Waals surface area (Å²) < 4.78 is 11.2. The Morgan fingerprint density at radius 1 is 0.968 bits per heavy atom. The average Bonchev–Trinajstić information content (AvgIpc) is 3.29. The van der Waals surface area contributed by atoms with Gasteiger partial charge in [0.15, 0.2) is 0 Å². The van der Waals surface area contributed by atoms with E-state index in [-0.39, 0.29) is 24.9 Å². The minimum Gasteiger partial charge on any atom is -0.508 e. The summed E-state index contributed by atoms with van der Waals surface area (Å²) in [5.74, 6) is 2.01. The van der Waals surface area contributed by atoms with Gasteiger partial charge in [-0.1, -0.05) is 24.3 Å². The third-order valence-electron chi connectivity index (χ3n) is 4.54. The van der Waals surface area contributed by atoms with Gasteiger partial charge in [0.25, 0.3) is 0 Å². The summed E-state index contributed by atoms with van der Waals surface area (Å²) in [6.45, 7) is 0.465. The summed E-state index contributed by atoms with van der Waals surface area (Å²) in [6, 6.07) is 20.8. The molecule has 31 heavy (non-hydrogen) atoms. The van der Waals surface area contributed by atoms with E-state index in [2.05, 4.69) is 10.3 Å². The van der Waals surface area contributed by atoms with E-state index in [1.807, 2.05) is 6.07 Å². The number of anilines is 1. The van der Waals surface area contributed by atoms with Gasteiger partial charge in [0.2, 0.25) is 0 Å². The van der Waals surface area contributed by atoms with Crippen LogP contribution in [0.1, 0.15) is 11.3 Å². The SMILES string of the molecule is O=C(Nc1cccc(Oc2ccncc2)c1)N(Cc1ccco1)Cc1ccccc1O. The third kappa shape index (κ3) is 5.42. The van der Waals surface area contributed by atoms with Crippen molar-refractivity contribution >= 4 is 11.7 Å². The van der Waals surface area contributed by atoms with E-state index in [1.54, 1.807) is 90.3 Å². The molecule has 2 N–H and O–H groups in total. The van der Waals surface area contributed by atoms with Crippen LogP contribution in [0.5, 0.6) is 17.2 Å². The van der Waals surface area contributed by atoms with E-state index in [0.717, 1.165) is 0 Å². The third-order valence-corrected chi connectivity index (χ3v) is 4.54. The Bertz CT molecular complexity index is 1130. The molecule has 7 nitrogen and oxygen atoms in total. The normalized spacial score (nSPS) is 10.5. The van der Waals surface area contributed by atoms with Gasteiger partial charge < -0.3 is 24.5 Å². The lowest BCUT2D eigenvalue weighted by Gasteiger charge is -2.23. The molecule has 4 aromatic rings. The largest absolute Gasteiger partial charge is 0.508 e. The van der Waals surface area contributed by atoms with Crippen LogP contribution < -0.4 is 10.1 Å². The fourth-order valence-corrected chi connectivity index (χ4v) is 3.02. The first kappa shape index (κ1) is 20.0. The van der Waals surface area contributed by atoms with Crippen LogP contribution in [0.3, 0.4) is 0 Å². The molecular formula is C24H21N3O4. The summed E-state index contributed by atoms with van der Waals surface area (Å²) in [5.41, 5.74) is 1.22. The number of furan rings is 1. The number of hydrogen-bond acceptors (Lipinski definition) is 5. The zero-order valence-electron chi connectivity index (χ0n) is 16.6. The predicted octanol–water partition coefficient (Wildman–Crippen LogP) is 5.41. The highest BCUT2D eigenvalue weighted by molar-refractivity contribution is 5.89. The minimum absolute atomic E-state index is 0.132. The van der Waals surface area contributed by atoms with Crippen molar-refractivity contribution in [1.29, 1.82) is 0 Å². The number of amides is 2. The quantitative estimate of drug-likeness (QED) is 0.422. The number of hydrogen-bond donors (Lipinski definition) is 2. The number of rotatable bonds is 7. The molecule has 0 aliphatic rings. The van der Waals surface area contributed by atoms with Gasteiger partial charge >= 0.3 is 6.03 Å². The number of carbonyl (C=O) groups excluding carboxylic acids is 1. The number of phenolic OH excluding ortho intramolecular Hbond substituents is 1. The van der Waals surface area contributed by atoms with Gasteiger partial charge in [-0.2, -0.15) is 0 Å².